The Hall–Kier alpha value is -3.89. The molecule has 0 spiro atoms. The van der Waals surface area contributed by atoms with Gasteiger partial charge in [0.2, 0.25) is 10.0 Å². The van der Waals surface area contributed by atoms with Crippen LogP contribution in [0.3, 0.4) is 0 Å². The summed E-state index contributed by atoms with van der Waals surface area (Å²) in [6.07, 6.45) is -0.647. The number of methoxy groups -OCH3 is 1. The van der Waals surface area contributed by atoms with Gasteiger partial charge in [-0.3, -0.25) is 10.1 Å². The minimum absolute atomic E-state index is 0.0386. The van der Waals surface area contributed by atoms with E-state index in [4.69, 9.17) is 9.47 Å². The van der Waals surface area contributed by atoms with E-state index in [2.05, 4.69) is 10.0 Å². The quantitative estimate of drug-likeness (QED) is 0.399. The van der Waals surface area contributed by atoms with Crippen molar-refractivity contribution in [1.82, 2.24) is 4.72 Å². The minimum Gasteiger partial charge on any atom is -0.497 e. The largest absolute Gasteiger partial charge is 0.497 e. The summed E-state index contributed by atoms with van der Waals surface area (Å²) in [6, 6.07) is 18.3. The van der Waals surface area contributed by atoms with Crippen molar-refractivity contribution < 1.29 is 32.6 Å². The van der Waals surface area contributed by atoms with Crippen LogP contribution in [0, 0.1) is 5.92 Å². The number of carbonyl (C=O) groups excluding carboxylic acids is 1. The smallest absolute Gasteiger partial charge is 0.417 e. The van der Waals surface area contributed by atoms with E-state index in [0.29, 0.717) is 17.2 Å². The summed E-state index contributed by atoms with van der Waals surface area (Å²) in [4.78, 5) is 23.4. The lowest BCUT2D eigenvalue weighted by Crippen LogP contribution is -2.44. The summed E-state index contributed by atoms with van der Waals surface area (Å²) in [6.45, 7) is 3.25. The summed E-state index contributed by atoms with van der Waals surface area (Å²) >= 11 is 0. The molecule has 3 N–H and O–H groups in total. The number of sulfonamides is 1. The SMILES string of the molecule is COc1ccc(NC(=O)Oc2ccc(-c3ccc(S(=O)(=O)N[C@@H](C(=O)O)C(C)C)cc3)cc2)cc1. The molecule has 0 unspecified atom stereocenters. The van der Waals surface area contributed by atoms with E-state index in [9.17, 15) is 23.1 Å². The molecule has 0 bridgehead atoms. The third-order valence-electron chi connectivity index (χ3n) is 5.11. The molecule has 0 fully saturated rings. The van der Waals surface area contributed by atoms with Crippen LogP contribution < -0.4 is 19.5 Å². The Morgan fingerprint density at radius 2 is 1.34 bits per heavy atom. The van der Waals surface area contributed by atoms with E-state index in [0.717, 1.165) is 11.1 Å². The number of nitrogens with one attached hydrogen (secondary N) is 2. The molecule has 0 aromatic heterocycles. The van der Waals surface area contributed by atoms with E-state index in [1.165, 1.54) is 12.1 Å². The Balaban J connectivity index is 1.64. The molecule has 3 aromatic carbocycles. The van der Waals surface area contributed by atoms with Gasteiger partial charge >= 0.3 is 12.1 Å². The van der Waals surface area contributed by atoms with E-state index < -0.39 is 34.0 Å². The predicted molar refractivity (Wildman–Crippen MR) is 131 cm³/mol. The molecule has 0 saturated carbocycles. The normalized spacial score (nSPS) is 12.1. The minimum atomic E-state index is -4.00. The first kappa shape index (κ1) is 25.7. The highest BCUT2D eigenvalue weighted by Crippen LogP contribution is 2.25. The third-order valence-corrected chi connectivity index (χ3v) is 6.57. The van der Waals surface area contributed by atoms with Gasteiger partial charge < -0.3 is 14.6 Å². The molecule has 3 aromatic rings. The summed E-state index contributed by atoms with van der Waals surface area (Å²) in [5.41, 5.74) is 2.06. The number of carboxylic acids is 1. The second-order valence-corrected chi connectivity index (χ2v) is 9.69. The fourth-order valence-corrected chi connectivity index (χ4v) is 4.51. The fraction of sp³-hybridized carbons (Fsp3) is 0.200. The average molecular weight is 499 g/mol. The molecule has 0 saturated heterocycles. The van der Waals surface area contributed by atoms with Gasteiger partial charge in [-0.05, 0) is 65.6 Å². The molecular weight excluding hydrogens is 472 g/mol. The zero-order valence-electron chi connectivity index (χ0n) is 19.4. The van der Waals surface area contributed by atoms with Crippen molar-refractivity contribution in [2.45, 2.75) is 24.8 Å². The lowest BCUT2D eigenvalue weighted by atomic mass is 10.1. The molecule has 0 heterocycles. The fourth-order valence-electron chi connectivity index (χ4n) is 3.17. The molecule has 35 heavy (non-hydrogen) atoms. The standard InChI is InChI=1S/C25H26N2O7S/c1-16(2)23(24(28)29)27-35(31,32)22-14-6-18(7-15-22)17-4-10-21(11-5-17)34-25(30)26-19-8-12-20(33-3)13-9-19/h4-16,23,27H,1-3H3,(H,26,30)(H,28,29)/t23-/m1/s1. The summed E-state index contributed by atoms with van der Waals surface area (Å²) in [5.74, 6) is -0.654. The summed E-state index contributed by atoms with van der Waals surface area (Å²) in [5, 5.41) is 11.9. The molecule has 0 aliphatic heterocycles. The molecule has 0 aliphatic rings. The van der Waals surface area contributed by atoms with Crippen molar-refractivity contribution in [1.29, 1.82) is 0 Å². The van der Waals surface area contributed by atoms with Gasteiger partial charge in [0.1, 0.15) is 17.5 Å². The highest BCUT2D eigenvalue weighted by molar-refractivity contribution is 7.89. The van der Waals surface area contributed by atoms with Crippen molar-refractivity contribution in [2.75, 3.05) is 12.4 Å². The van der Waals surface area contributed by atoms with Gasteiger partial charge in [0.15, 0.2) is 0 Å². The molecule has 1 amide bonds. The van der Waals surface area contributed by atoms with Crippen molar-refractivity contribution in [3.8, 4) is 22.6 Å². The Labute approximate surface area is 203 Å². The first-order valence-corrected chi connectivity index (χ1v) is 12.2. The third kappa shape index (κ3) is 6.81. The van der Waals surface area contributed by atoms with Crippen molar-refractivity contribution in [3.63, 3.8) is 0 Å². The molecule has 9 nitrogen and oxygen atoms in total. The monoisotopic (exact) mass is 498 g/mol. The molecule has 0 radical (unpaired) electrons. The maximum absolute atomic E-state index is 12.6. The van der Waals surface area contributed by atoms with E-state index in [1.54, 1.807) is 81.6 Å². The van der Waals surface area contributed by atoms with Gasteiger partial charge in [-0.25, -0.2) is 13.2 Å². The van der Waals surface area contributed by atoms with Crippen LogP contribution in [0.5, 0.6) is 11.5 Å². The highest BCUT2D eigenvalue weighted by atomic mass is 32.2. The van der Waals surface area contributed by atoms with Crippen LogP contribution in [0.1, 0.15) is 13.8 Å². The zero-order chi connectivity index (χ0) is 25.6. The number of rotatable bonds is 9. The van der Waals surface area contributed by atoms with Gasteiger partial charge in [0.25, 0.3) is 0 Å². The second kappa shape index (κ2) is 11.0. The Kier molecular flexibility index (Phi) is 8.10. The van der Waals surface area contributed by atoms with Gasteiger partial charge in [0.05, 0.1) is 12.0 Å². The van der Waals surface area contributed by atoms with Crippen LogP contribution in [0.2, 0.25) is 0 Å². The first-order chi connectivity index (χ1) is 16.6. The number of carbonyl (C=O) groups is 2. The van der Waals surface area contributed by atoms with Gasteiger partial charge in [-0.1, -0.05) is 38.1 Å². The van der Waals surface area contributed by atoms with Crippen molar-refractivity contribution in [2.24, 2.45) is 5.92 Å². The summed E-state index contributed by atoms with van der Waals surface area (Å²) in [7, 11) is -2.45. The number of aliphatic carboxylic acids is 1. The van der Waals surface area contributed by atoms with E-state index >= 15 is 0 Å². The summed E-state index contributed by atoms with van der Waals surface area (Å²) < 4.78 is 37.7. The molecule has 184 valence electrons. The first-order valence-electron chi connectivity index (χ1n) is 10.7. The number of hydrogen-bond donors (Lipinski definition) is 3. The maximum Gasteiger partial charge on any atom is 0.417 e. The van der Waals surface area contributed by atoms with Gasteiger partial charge in [-0.2, -0.15) is 4.72 Å². The lowest BCUT2D eigenvalue weighted by Gasteiger charge is -2.18. The molecule has 10 heteroatoms. The molecule has 1 atom stereocenters. The van der Waals surface area contributed by atoms with Crippen molar-refractivity contribution in [3.05, 3.63) is 72.8 Å². The maximum atomic E-state index is 12.6. The molecular formula is C25H26N2O7S. The van der Waals surface area contributed by atoms with Gasteiger partial charge in [-0.15, -0.1) is 0 Å². The number of benzene rings is 3. The second-order valence-electron chi connectivity index (χ2n) is 7.97. The lowest BCUT2D eigenvalue weighted by molar-refractivity contribution is -0.140. The van der Waals surface area contributed by atoms with Crippen LogP contribution in [0.4, 0.5) is 10.5 Å². The number of anilines is 1. The number of ether oxygens (including phenoxy) is 2. The Bertz CT molecular complexity index is 1270. The number of hydrogen-bond acceptors (Lipinski definition) is 6. The van der Waals surface area contributed by atoms with Crippen LogP contribution in [0.25, 0.3) is 11.1 Å². The zero-order valence-corrected chi connectivity index (χ0v) is 20.2. The van der Waals surface area contributed by atoms with E-state index in [-0.39, 0.29) is 4.90 Å². The van der Waals surface area contributed by atoms with Crippen LogP contribution in [-0.2, 0) is 14.8 Å². The number of carboxylic acid groups (broad SMARTS) is 1. The highest BCUT2D eigenvalue weighted by Gasteiger charge is 2.27. The number of amides is 1. The van der Waals surface area contributed by atoms with Gasteiger partial charge in [0, 0.05) is 5.69 Å². The average Bonchev–Trinajstić information content (AvgIpc) is 2.83. The molecule has 0 aliphatic carbocycles. The van der Waals surface area contributed by atoms with E-state index in [1.807, 2.05) is 0 Å². The predicted octanol–water partition coefficient (Wildman–Crippen LogP) is 4.36. The molecule has 3 rings (SSSR count). The Morgan fingerprint density at radius 1 is 0.829 bits per heavy atom. The van der Waals surface area contributed by atoms with Crippen LogP contribution >= 0.6 is 0 Å². The van der Waals surface area contributed by atoms with Crippen molar-refractivity contribution >= 4 is 27.8 Å². The Morgan fingerprint density at radius 3 is 1.83 bits per heavy atom. The van der Waals surface area contributed by atoms with Crippen LogP contribution in [0.15, 0.2) is 77.7 Å². The topological polar surface area (TPSA) is 131 Å². The van der Waals surface area contributed by atoms with Crippen LogP contribution in [-0.4, -0.2) is 38.7 Å².